The van der Waals surface area contributed by atoms with Gasteiger partial charge in [0.05, 0.1) is 5.56 Å². The van der Waals surface area contributed by atoms with Crippen molar-refractivity contribution in [1.29, 1.82) is 0 Å². The first kappa shape index (κ1) is 14.7. The van der Waals surface area contributed by atoms with Gasteiger partial charge in [0, 0.05) is 24.9 Å². The first-order chi connectivity index (χ1) is 8.71. The molecule has 2 N–H and O–H groups in total. The van der Waals surface area contributed by atoms with Crippen molar-refractivity contribution in [2.75, 3.05) is 0 Å². The van der Waals surface area contributed by atoms with Crippen LogP contribution >= 0.6 is 0 Å². The first-order valence-electron chi connectivity index (χ1n) is 4.95. The number of carboxylic acids is 1. The van der Waals surface area contributed by atoms with Crippen molar-refractivity contribution < 1.29 is 27.9 Å². The predicted molar refractivity (Wildman–Crippen MR) is 58.7 cm³/mol. The van der Waals surface area contributed by atoms with Crippen LogP contribution in [0.1, 0.15) is 18.1 Å². The molecule has 0 saturated heterocycles. The molecule has 1 heterocycles. The number of carboxylic acid groups (broad SMARTS) is 1. The smallest absolute Gasteiger partial charge is 0.417 e. The van der Waals surface area contributed by atoms with Gasteiger partial charge in [-0.25, -0.2) is 4.79 Å². The minimum absolute atomic E-state index is 0.443. The Balaban J connectivity index is 3.29. The molecule has 5 nitrogen and oxygen atoms in total. The molecule has 0 atom stereocenters. The molecule has 1 amide bonds. The standard InChI is InChI=1S/C11H9F3N2O3/c1-6(17)16-9(10(18)19)4-7-5-15-3-2-8(7)11(12,13)14/h2-5H,1H3,(H,16,17)(H,18,19)/b9-4+. The van der Waals surface area contributed by atoms with Crippen LogP contribution in [0.15, 0.2) is 24.2 Å². The van der Waals surface area contributed by atoms with Crippen LogP contribution in [0.2, 0.25) is 0 Å². The SMILES string of the molecule is CC(=O)N/C(=C/c1cnccc1C(F)(F)F)C(=O)O. The molecule has 19 heavy (non-hydrogen) atoms. The van der Waals surface area contributed by atoms with Crippen molar-refractivity contribution in [3.8, 4) is 0 Å². The highest BCUT2D eigenvalue weighted by molar-refractivity contribution is 5.96. The zero-order chi connectivity index (χ0) is 14.6. The number of hydrogen-bond donors (Lipinski definition) is 2. The summed E-state index contributed by atoms with van der Waals surface area (Å²) in [6, 6.07) is 0.721. The summed E-state index contributed by atoms with van der Waals surface area (Å²) in [5.41, 5.74) is -2.14. The van der Waals surface area contributed by atoms with Gasteiger partial charge >= 0.3 is 12.1 Å². The number of nitrogens with zero attached hydrogens (tertiary/aromatic N) is 1. The zero-order valence-corrected chi connectivity index (χ0v) is 9.65. The Labute approximate surface area is 105 Å². The van der Waals surface area contributed by atoms with Gasteiger partial charge in [-0.15, -0.1) is 0 Å². The molecular weight excluding hydrogens is 265 g/mol. The summed E-state index contributed by atoms with van der Waals surface area (Å²) in [5.74, 6) is -2.25. The van der Waals surface area contributed by atoms with E-state index in [-0.39, 0.29) is 0 Å². The highest BCUT2D eigenvalue weighted by Crippen LogP contribution is 2.32. The lowest BCUT2D eigenvalue weighted by molar-refractivity contribution is -0.138. The summed E-state index contributed by atoms with van der Waals surface area (Å²) >= 11 is 0. The van der Waals surface area contributed by atoms with Crippen LogP contribution in [0.3, 0.4) is 0 Å². The molecule has 0 saturated carbocycles. The maximum Gasteiger partial charge on any atom is 0.417 e. The Hall–Kier alpha value is -2.38. The van der Waals surface area contributed by atoms with E-state index in [1.807, 2.05) is 5.32 Å². The van der Waals surface area contributed by atoms with E-state index in [1.165, 1.54) is 0 Å². The molecule has 0 unspecified atom stereocenters. The number of alkyl halides is 3. The van der Waals surface area contributed by atoms with Gasteiger partial charge in [-0.1, -0.05) is 0 Å². The summed E-state index contributed by atoms with van der Waals surface area (Å²) in [7, 11) is 0. The van der Waals surface area contributed by atoms with E-state index in [0.717, 1.165) is 25.4 Å². The van der Waals surface area contributed by atoms with Gasteiger partial charge in [0.15, 0.2) is 0 Å². The summed E-state index contributed by atoms with van der Waals surface area (Å²) in [5, 5.41) is 10.7. The van der Waals surface area contributed by atoms with E-state index in [0.29, 0.717) is 6.08 Å². The van der Waals surface area contributed by atoms with Crippen molar-refractivity contribution in [2.24, 2.45) is 0 Å². The van der Waals surface area contributed by atoms with E-state index in [1.54, 1.807) is 0 Å². The summed E-state index contributed by atoms with van der Waals surface area (Å²) < 4.78 is 38.0. The number of aromatic nitrogens is 1. The molecule has 0 fully saturated rings. The Morgan fingerprint density at radius 2 is 2.05 bits per heavy atom. The third kappa shape index (κ3) is 4.09. The van der Waals surface area contributed by atoms with Gasteiger partial charge in [0.2, 0.25) is 5.91 Å². The third-order valence-corrected chi connectivity index (χ3v) is 2.00. The van der Waals surface area contributed by atoms with Crippen LogP contribution in [0.5, 0.6) is 0 Å². The second-order valence-corrected chi connectivity index (χ2v) is 3.51. The van der Waals surface area contributed by atoms with E-state index in [2.05, 4.69) is 4.98 Å². The monoisotopic (exact) mass is 274 g/mol. The number of amides is 1. The second-order valence-electron chi connectivity index (χ2n) is 3.51. The average Bonchev–Trinajstić information content (AvgIpc) is 2.26. The number of aliphatic carboxylic acids is 1. The van der Waals surface area contributed by atoms with Gasteiger partial charge in [-0.05, 0) is 12.1 Å². The Kier molecular flexibility index (Phi) is 4.26. The molecule has 0 aliphatic heterocycles. The topological polar surface area (TPSA) is 79.3 Å². The third-order valence-electron chi connectivity index (χ3n) is 2.00. The van der Waals surface area contributed by atoms with Crippen LogP contribution in [0.4, 0.5) is 13.2 Å². The maximum absolute atomic E-state index is 12.7. The maximum atomic E-state index is 12.7. The minimum atomic E-state index is -4.64. The van der Waals surface area contributed by atoms with Crippen molar-refractivity contribution in [1.82, 2.24) is 10.3 Å². The molecule has 0 aliphatic rings. The van der Waals surface area contributed by atoms with Gasteiger partial charge in [0.25, 0.3) is 0 Å². The summed E-state index contributed by atoms with van der Waals surface area (Å²) in [6.07, 6.45) is -2.12. The molecule has 0 aromatic carbocycles. The molecule has 0 radical (unpaired) electrons. The molecule has 102 valence electrons. The van der Waals surface area contributed by atoms with Gasteiger partial charge in [-0.3, -0.25) is 9.78 Å². The molecule has 1 aromatic rings. The number of carbonyl (C=O) groups excluding carboxylic acids is 1. The van der Waals surface area contributed by atoms with E-state index >= 15 is 0 Å². The zero-order valence-electron chi connectivity index (χ0n) is 9.65. The van der Waals surface area contributed by atoms with Gasteiger partial charge in [-0.2, -0.15) is 13.2 Å². The molecule has 0 aliphatic carbocycles. The lowest BCUT2D eigenvalue weighted by atomic mass is 10.1. The van der Waals surface area contributed by atoms with E-state index in [9.17, 15) is 22.8 Å². The lowest BCUT2D eigenvalue weighted by Crippen LogP contribution is -2.24. The molecular formula is C11H9F3N2O3. The Morgan fingerprint density at radius 1 is 1.42 bits per heavy atom. The van der Waals surface area contributed by atoms with Gasteiger partial charge in [0.1, 0.15) is 5.70 Å². The molecule has 1 aromatic heterocycles. The number of halogens is 3. The summed E-state index contributed by atoms with van der Waals surface area (Å²) in [4.78, 5) is 25.1. The fourth-order valence-electron chi connectivity index (χ4n) is 1.28. The Morgan fingerprint density at radius 3 is 2.53 bits per heavy atom. The molecule has 0 bridgehead atoms. The average molecular weight is 274 g/mol. The molecule has 8 heteroatoms. The molecule has 0 spiro atoms. The van der Waals surface area contributed by atoms with Crippen molar-refractivity contribution in [2.45, 2.75) is 13.1 Å². The molecule has 1 rings (SSSR count). The summed E-state index contributed by atoms with van der Waals surface area (Å²) in [6.45, 7) is 1.05. The number of rotatable bonds is 3. The Bertz CT molecular complexity index is 538. The van der Waals surface area contributed by atoms with E-state index < -0.39 is 34.9 Å². The van der Waals surface area contributed by atoms with Crippen molar-refractivity contribution in [3.05, 3.63) is 35.3 Å². The van der Waals surface area contributed by atoms with Crippen LogP contribution in [-0.4, -0.2) is 22.0 Å². The van der Waals surface area contributed by atoms with Crippen molar-refractivity contribution in [3.63, 3.8) is 0 Å². The number of hydrogen-bond acceptors (Lipinski definition) is 3. The van der Waals surface area contributed by atoms with Crippen LogP contribution in [0, 0.1) is 0 Å². The number of nitrogens with one attached hydrogen (secondary N) is 1. The van der Waals surface area contributed by atoms with Crippen LogP contribution < -0.4 is 5.32 Å². The normalized spacial score (nSPS) is 12.1. The predicted octanol–water partition coefficient (Wildman–Crippen LogP) is 1.66. The van der Waals surface area contributed by atoms with Crippen molar-refractivity contribution >= 4 is 18.0 Å². The highest BCUT2D eigenvalue weighted by Gasteiger charge is 2.33. The highest BCUT2D eigenvalue weighted by atomic mass is 19.4. The fraction of sp³-hybridized carbons (Fsp3) is 0.182. The first-order valence-corrected chi connectivity index (χ1v) is 4.95. The number of pyridine rings is 1. The second kappa shape index (κ2) is 5.51. The fourth-order valence-corrected chi connectivity index (χ4v) is 1.28. The number of carbonyl (C=O) groups is 2. The lowest BCUT2D eigenvalue weighted by Gasteiger charge is -2.10. The van der Waals surface area contributed by atoms with Gasteiger partial charge < -0.3 is 10.4 Å². The minimum Gasteiger partial charge on any atom is -0.477 e. The van der Waals surface area contributed by atoms with Crippen LogP contribution in [0.25, 0.3) is 6.08 Å². The largest absolute Gasteiger partial charge is 0.477 e. The van der Waals surface area contributed by atoms with E-state index in [4.69, 9.17) is 5.11 Å². The van der Waals surface area contributed by atoms with Crippen LogP contribution in [-0.2, 0) is 15.8 Å². The quantitative estimate of drug-likeness (QED) is 0.821.